The van der Waals surface area contributed by atoms with Gasteiger partial charge < -0.3 is 20.5 Å². The number of benzene rings is 2. The van der Waals surface area contributed by atoms with Gasteiger partial charge in [-0.1, -0.05) is 30.7 Å². The number of aliphatic carboxylic acids is 1. The minimum absolute atomic E-state index is 0.0754. The van der Waals surface area contributed by atoms with Crippen LogP contribution in [-0.4, -0.2) is 54.2 Å². The van der Waals surface area contributed by atoms with Gasteiger partial charge in [0, 0.05) is 6.42 Å². The number of carboxylic acids is 1. The van der Waals surface area contributed by atoms with Gasteiger partial charge in [-0.15, -0.1) is 0 Å². The standard InChI is InChI=1S/C27H31N3O5/c31-25-21-6-1-2-7-22(21)29-24(25)26(32)30-23(27(33)34)17-19-8-10-20(11-9-19)35-16-4-3-5-18-12-14-28-15-13-18/h1-2,6-11,18,23,28H,3-5,12-17H2,(H,30,32)(H,33,34)/t23-/m0/s1. The van der Waals surface area contributed by atoms with Gasteiger partial charge in [-0.25, -0.2) is 9.79 Å². The summed E-state index contributed by atoms with van der Waals surface area (Å²) >= 11 is 0. The lowest BCUT2D eigenvalue weighted by Gasteiger charge is -2.22. The summed E-state index contributed by atoms with van der Waals surface area (Å²) in [5.74, 6) is -0.916. The molecule has 0 unspecified atom stereocenters. The molecule has 2 aromatic carbocycles. The van der Waals surface area contributed by atoms with E-state index in [0.29, 0.717) is 17.9 Å². The molecule has 0 radical (unpaired) electrons. The number of carbonyl (C=O) groups is 3. The molecule has 2 aliphatic heterocycles. The van der Waals surface area contributed by atoms with Crippen molar-refractivity contribution in [3.63, 3.8) is 0 Å². The van der Waals surface area contributed by atoms with Crippen LogP contribution < -0.4 is 15.4 Å². The molecule has 4 rings (SSSR count). The number of hydrogen-bond donors (Lipinski definition) is 3. The first kappa shape index (κ1) is 24.6. The Bertz CT molecular complexity index is 1090. The average molecular weight is 478 g/mol. The zero-order valence-corrected chi connectivity index (χ0v) is 19.7. The van der Waals surface area contributed by atoms with Crippen molar-refractivity contribution in [2.45, 2.75) is 44.6 Å². The van der Waals surface area contributed by atoms with Crippen molar-refractivity contribution in [3.8, 4) is 5.75 Å². The molecule has 0 bridgehead atoms. The quantitative estimate of drug-likeness (QED) is 0.428. The molecule has 0 spiro atoms. The van der Waals surface area contributed by atoms with E-state index in [4.69, 9.17) is 4.74 Å². The van der Waals surface area contributed by atoms with Crippen molar-refractivity contribution in [1.29, 1.82) is 0 Å². The largest absolute Gasteiger partial charge is 0.494 e. The van der Waals surface area contributed by atoms with Crippen LogP contribution in [0.1, 0.15) is 48.0 Å². The lowest BCUT2D eigenvalue weighted by Crippen LogP contribution is -2.46. The van der Waals surface area contributed by atoms with Crippen LogP contribution in [0.2, 0.25) is 0 Å². The Morgan fingerprint density at radius 1 is 1.09 bits per heavy atom. The number of nitrogens with zero attached hydrogens (tertiary/aromatic N) is 1. The van der Waals surface area contributed by atoms with Crippen LogP contribution in [0.5, 0.6) is 5.75 Å². The molecular formula is C27H31N3O5. The van der Waals surface area contributed by atoms with Gasteiger partial charge >= 0.3 is 5.97 Å². The Labute approximate surface area is 204 Å². The monoisotopic (exact) mass is 477 g/mol. The van der Waals surface area contributed by atoms with Gasteiger partial charge in [0.05, 0.1) is 17.9 Å². The topological polar surface area (TPSA) is 117 Å². The van der Waals surface area contributed by atoms with Gasteiger partial charge in [0.1, 0.15) is 11.8 Å². The van der Waals surface area contributed by atoms with E-state index >= 15 is 0 Å². The molecule has 1 saturated heterocycles. The first-order valence-electron chi connectivity index (χ1n) is 12.2. The number of rotatable bonds is 11. The summed E-state index contributed by atoms with van der Waals surface area (Å²) in [5, 5.41) is 15.4. The average Bonchev–Trinajstić information content (AvgIpc) is 3.21. The number of piperidine rings is 1. The van der Waals surface area contributed by atoms with Crippen molar-refractivity contribution in [2.75, 3.05) is 19.7 Å². The number of Topliss-reactive ketones (excluding diaryl/α,β-unsaturated/α-hetero) is 1. The van der Waals surface area contributed by atoms with Gasteiger partial charge in [-0.3, -0.25) is 9.59 Å². The number of carbonyl (C=O) groups excluding carboxylic acids is 2. The van der Waals surface area contributed by atoms with Crippen LogP contribution in [0, 0.1) is 5.92 Å². The summed E-state index contributed by atoms with van der Waals surface area (Å²) in [5.41, 5.74) is 1.20. The highest BCUT2D eigenvalue weighted by Crippen LogP contribution is 2.26. The molecular weight excluding hydrogens is 446 g/mol. The lowest BCUT2D eigenvalue weighted by atomic mass is 9.93. The third-order valence-electron chi connectivity index (χ3n) is 6.51. The molecule has 0 aliphatic carbocycles. The second-order valence-electron chi connectivity index (χ2n) is 9.06. The van der Waals surface area contributed by atoms with E-state index in [1.165, 1.54) is 19.3 Å². The van der Waals surface area contributed by atoms with Gasteiger partial charge in [0.25, 0.3) is 5.91 Å². The maximum absolute atomic E-state index is 12.6. The summed E-state index contributed by atoms with van der Waals surface area (Å²) in [4.78, 5) is 40.9. The van der Waals surface area contributed by atoms with E-state index in [0.717, 1.165) is 43.2 Å². The van der Waals surface area contributed by atoms with Crippen LogP contribution in [0.25, 0.3) is 0 Å². The predicted molar refractivity (Wildman–Crippen MR) is 133 cm³/mol. The van der Waals surface area contributed by atoms with Crippen LogP contribution in [0.4, 0.5) is 5.69 Å². The minimum Gasteiger partial charge on any atom is -0.494 e. The molecule has 3 N–H and O–H groups in total. The summed E-state index contributed by atoms with van der Waals surface area (Å²) in [6.07, 6.45) is 6.01. The predicted octanol–water partition coefficient (Wildman–Crippen LogP) is 3.32. The van der Waals surface area contributed by atoms with Crippen LogP contribution in [0.15, 0.2) is 53.5 Å². The molecule has 8 nitrogen and oxygen atoms in total. The number of amides is 1. The number of ether oxygens (including phenoxy) is 1. The molecule has 1 amide bonds. The summed E-state index contributed by atoms with van der Waals surface area (Å²) < 4.78 is 5.83. The van der Waals surface area contributed by atoms with Crippen LogP contribution >= 0.6 is 0 Å². The summed E-state index contributed by atoms with van der Waals surface area (Å²) in [6, 6.07) is 12.7. The maximum Gasteiger partial charge on any atom is 0.326 e. The highest BCUT2D eigenvalue weighted by molar-refractivity contribution is 6.71. The Hall–Kier alpha value is -3.52. The molecule has 2 aromatic rings. The second-order valence-corrected chi connectivity index (χ2v) is 9.06. The number of ketones is 1. The molecule has 1 fully saturated rings. The number of fused-ring (bicyclic) bond motifs is 1. The molecule has 8 heteroatoms. The smallest absolute Gasteiger partial charge is 0.326 e. The maximum atomic E-state index is 12.6. The van der Waals surface area contributed by atoms with Gasteiger partial charge in [0.15, 0.2) is 5.71 Å². The molecule has 0 aromatic heterocycles. The van der Waals surface area contributed by atoms with E-state index in [1.54, 1.807) is 36.4 Å². The van der Waals surface area contributed by atoms with E-state index in [2.05, 4.69) is 15.6 Å². The molecule has 35 heavy (non-hydrogen) atoms. The van der Waals surface area contributed by atoms with E-state index < -0.39 is 23.7 Å². The zero-order chi connectivity index (χ0) is 24.6. The fraction of sp³-hybridized carbons (Fsp3) is 0.407. The Kier molecular flexibility index (Phi) is 8.26. The fourth-order valence-electron chi connectivity index (χ4n) is 4.50. The van der Waals surface area contributed by atoms with Crippen molar-refractivity contribution >= 4 is 29.1 Å². The SMILES string of the molecule is O=C(N[C@@H](Cc1ccc(OCCCCC2CCNCC2)cc1)C(=O)O)C1=Nc2ccccc2C1=O. The molecule has 1 atom stereocenters. The minimum atomic E-state index is -1.19. The number of hydrogen-bond acceptors (Lipinski definition) is 6. The third kappa shape index (κ3) is 6.54. The van der Waals surface area contributed by atoms with Crippen molar-refractivity contribution in [3.05, 3.63) is 59.7 Å². The zero-order valence-electron chi connectivity index (χ0n) is 19.7. The Morgan fingerprint density at radius 2 is 1.83 bits per heavy atom. The first-order chi connectivity index (χ1) is 17.0. The highest BCUT2D eigenvalue weighted by Gasteiger charge is 2.32. The Balaban J connectivity index is 1.24. The van der Waals surface area contributed by atoms with Crippen molar-refractivity contribution < 1.29 is 24.2 Å². The van der Waals surface area contributed by atoms with Crippen LogP contribution in [0.3, 0.4) is 0 Å². The summed E-state index contributed by atoms with van der Waals surface area (Å²) in [6.45, 7) is 2.90. The molecule has 184 valence electrons. The molecule has 2 heterocycles. The first-order valence-corrected chi connectivity index (χ1v) is 12.2. The Morgan fingerprint density at radius 3 is 2.54 bits per heavy atom. The molecule has 2 aliphatic rings. The normalized spacial score (nSPS) is 16.3. The third-order valence-corrected chi connectivity index (χ3v) is 6.51. The fourth-order valence-corrected chi connectivity index (χ4v) is 4.50. The number of aliphatic imine (C=N–C) groups is 1. The number of para-hydroxylation sites is 1. The highest BCUT2D eigenvalue weighted by atomic mass is 16.5. The van der Waals surface area contributed by atoms with E-state index in [-0.39, 0.29) is 12.1 Å². The number of nitrogens with one attached hydrogen (secondary N) is 2. The van der Waals surface area contributed by atoms with Gasteiger partial charge in [-0.2, -0.15) is 0 Å². The van der Waals surface area contributed by atoms with E-state index in [9.17, 15) is 19.5 Å². The second kappa shape index (κ2) is 11.8. The van der Waals surface area contributed by atoms with Crippen molar-refractivity contribution in [2.24, 2.45) is 10.9 Å². The van der Waals surface area contributed by atoms with Gasteiger partial charge in [-0.05, 0) is 74.5 Å². The number of unbranched alkanes of at least 4 members (excludes halogenated alkanes) is 1. The summed E-state index contributed by atoms with van der Waals surface area (Å²) in [7, 11) is 0. The van der Waals surface area contributed by atoms with Gasteiger partial charge in [0.2, 0.25) is 5.78 Å². The van der Waals surface area contributed by atoms with Crippen LogP contribution in [-0.2, 0) is 16.0 Å². The lowest BCUT2D eigenvalue weighted by molar-refractivity contribution is -0.141. The number of carboxylic acid groups (broad SMARTS) is 1. The molecule has 0 saturated carbocycles. The van der Waals surface area contributed by atoms with Crippen molar-refractivity contribution in [1.82, 2.24) is 10.6 Å². The van der Waals surface area contributed by atoms with E-state index in [1.807, 2.05) is 12.1 Å².